The van der Waals surface area contributed by atoms with Crippen LogP contribution < -0.4 is 26.2 Å². The van der Waals surface area contributed by atoms with Crippen LogP contribution in [0.3, 0.4) is 0 Å². The first kappa shape index (κ1) is 44.8. The fourth-order valence-corrected chi connectivity index (χ4v) is 11.9. The Morgan fingerprint density at radius 2 is 0.693 bits per heavy atom. The van der Waals surface area contributed by atoms with E-state index in [4.69, 9.17) is 15.0 Å². The van der Waals surface area contributed by atoms with Gasteiger partial charge in [-0.15, -0.1) is 0 Å². The van der Waals surface area contributed by atoms with Gasteiger partial charge in [0.1, 0.15) is 0 Å². The normalized spacial score (nSPS) is 12.6. The molecule has 1 aromatic heterocycles. The lowest BCUT2D eigenvalue weighted by Gasteiger charge is -2.44. The highest BCUT2D eigenvalue weighted by Crippen LogP contribution is 2.48. The number of unbranched alkanes of at least 4 members (excludes halogenated alkanes) is 2. The first-order valence-electron chi connectivity index (χ1n) is 26.8. The zero-order chi connectivity index (χ0) is 50.0. The van der Waals surface area contributed by atoms with Crippen LogP contribution in [-0.2, 0) is 12.8 Å². The highest BCUT2D eigenvalue weighted by molar-refractivity contribution is 7.00. The summed E-state index contributed by atoms with van der Waals surface area (Å²) in [5, 5.41) is 9.82. The van der Waals surface area contributed by atoms with E-state index < -0.39 is 0 Å². The van der Waals surface area contributed by atoms with E-state index in [2.05, 4.69) is 230 Å². The van der Waals surface area contributed by atoms with Crippen molar-refractivity contribution in [2.45, 2.75) is 52.4 Å². The summed E-state index contributed by atoms with van der Waals surface area (Å²) in [4.78, 5) is 21.0. The SMILES string of the molecule is CCCCc1ccc(N2c3cc4cc5ccccc5cc4cc3B3c4cc5cc6ccccc6cc5cc4N(c4ccc(CCCC)cc4)c4cc(-c5nc(-c6ccccc6)nc(-c6ccccc6)n5)cc2c43)cc1. The first-order chi connectivity index (χ1) is 37.0. The Hall–Kier alpha value is -8.87. The van der Waals surface area contributed by atoms with Crippen LogP contribution in [0.25, 0.3) is 77.3 Å². The van der Waals surface area contributed by atoms with Crippen molar-refractivity contribution >= 4 is 100 Å². The van der Waals surface area contributed by atoms with Gasteiger partial charge in [-0.25, -0.2) is 15.0 Å². The van der Waals surface area contributed by atoms with Crippen LogP contribution in [0.5, 0.6) is 0 Å². The van der Waals surface area contributed by atoms with Gasteiger partial charge in [0, 0.05) is 50.8 Å². The topological polar surface area (TPSA) is 45.2 Å². The smallest absolute Gasteiger partial charge is 0.252 e. The molecule has 0 aliphatic carbocycles. The Balaban J connectivity index is 1.10. The van der Waals surface area contributed by atoms with Crippen molar-refractivity contribution in [1.82, 2.24) is 15.0 Å². The number of anilines is 6. The monoisotopic (exact) mass is 963 g/mol. The lowest BCUT2D eigenvalue weighted by Crippen LogP contribution is -2.61. The van der Waals surface area contributed by atoms with Crippen LogP contribution in [0.2, 0.25) is 0 Å². The van der Waals surface area contributed by atoms with Gasteiger partial charge in [-0.1, -0.05) is 172 Å². The highest BCUT2D eigenvalue weighted by atomic mass is 15.2. The number of aryl methyl sites for hydroxylation is 2. The van der Waals surface area contributed by atoms with Gasteiger partial charge < -0.3 is 9.80 Å². The third kappa shape index (κ3) is 7.91. The van der Waals surface area contributed by atoms with E-state index in [1.807, 2.05) is 12.1 Å². The quantitative estimate of drug-likeness (QED) is 0.0955. The molecule has 75 heavy (non-hydrogen) atoms. The van der Waals surface area contributed by atoms with Gasteiger partial charge in [-0.2, -0.15) is 0 Å². The van der Waals surface area contributed by atoms with Gasteiger partial charge in [0.25, 0.3) is 6.71 Å². The van der Waals surface area contributed by atoms with Crippen molar-refractivity contribution in [3.8, 4) is 34.2 Å². The molecule has 0 amide bonds. The number of benzene rings is 11. The Morgan fingerprint density at radius 1 is 0.333 bits per heavy atom. The van der Waals surface area contributed by atoms with Gasteiger partial charge in [0.05, 0.1) is 0 Å². The van der Waals surface area contributed by atoms with E-state index in [-0.39, 0.29) is 6.71 Å². The number of hydrogen-bond acceptors (Lipinski definition) is 5. The van der Waals surface area contributed by atoms with Crippen molar-refractivity contribution < 1.29 is 0 Å². The zero-order valence-electron chi connectivity index (χ0n) is 42.3. The predicted molar refractivity (Wildman–Crippen MR) is 317 cm³/mol. The summed E-state index contributed by atoms with van der Waals surface area (Å²) in [6.07, 6.45) is 6.73. The number of fused-ring (bicyclic) bond motifs is 8. The minimum atomic E-state index is -0.112. The van der Waals surface area contributed by atoms with Crippen molar-refractivity contribution in [1.29, 1.82) is 0 Å². The van der Waals surface area contributed by atoms with Gasteiger partial charge in [0.15, 0.2) is 17.5 Å². The molecule has 0 fully saturated rings. The molecule has 0 saturated heterocycles. The van der Waals surface area contributed by atoms with Gasteiger partial charge >= 0.3 is 0 Å². The van der Waals surface area contributed by atoms with Crippen LogP contribution >= 0.6 is 0 Å². The molecule has 11 aromatic carbocycles. The van der Waals surface area contributed by atoms with E-state index in [9.17, 15) is 0 Å². The van der Waals surface area contributed by atoms with Crippen molar-refractivity contribution in [2.75, 3.05) is 9.80 Å². The number of aromatic nitrogens is 3. The summed E-state index contributed by atoms with van der Waals surface area (Å²) >= 11 is 0. The fourth-order valence-electron chi connectivity index (χ4n) is 11.9. The maximum atomic E-state index is 5.41. The molecular formula is C69H54BN5. The van der Waals surface area contributed by atoms with Crippen LogP contribution in [0.15, 0.2) is 218 Å². The summed E-state index contributed by atoms with van der Waals surface area (Å²) in [5.41, 5.74) is 16.1. The molecule has 14 rings (SSSR count). The second-order valence-electron chi connectivity index (χ2n) is 20.5. The predicted octanol–water partition coefficient (Wildman–Crippen LogP) is 16.3. The fraction of sp³-hybridized carbons (Fsp3) is 0.116. The van der Waals surface area contributed by atoms with E-state index in [0.717, 1.165) is 78.0 Å². The Labute approximate surface area is 438 Å². The van der Waals surface area contributed by atoms with Gasteiger partial charge in [-0.3, -0.25) is 0 Å². The summed E-state index contributed by atoms with van der Waals surface area (Å²) < 4.78 is 0. The minimum absolute atomic E-state index is 0.112. The number of nitrogens with zero attached hydrogens (tertiary/aromatic N) is 5. The molecule has 12 aromatic rings. The molecule has 0 radical (unpaired) electrons. The largest absolute Gasteiger partial charge is 0.311 e. The zero-order valence-corrected chi connectivity index (χ0v) is 42.3. The third-order valence-corrected chi connectivity index (χ3v) is 15.7. The Bertz CT molecular complexity index is 3900. The molecule has 0 N–H and O–H groups in total. The standard InChI is InChI=1S/C69H54BN5/c1-3-5-17-45-27-31-58(32-28-45)74-62-41-55-37-51-25-15-13-23-49(51)35-53(55)39-60(62)70-61-40-54-36-50-24-14-16-26-52(50)38-56(54)42-63(61)75(59-33-29-46(30-34-59)18-6-4-2)65-44-57(43-64(74)66(65)70)69-72-67(47-19-9-7-10-20-47)71-68(73-69)48-21-11-8-12-22-48/h7-16,19-44H,3-6,17-18H2,1-2H3. The van der Waals surface area contributed by atoms with Gasteiger partial charge in [-0.05, 0) is 169 Å². The maximum absolute atomic E-state index is 5.41. The van der Waals surface area contributed by atoms with Crippen LogP contribution in [0.1, 0.15) is 50.7 Å². The van der Waals surface area contributed by atoms with E-state index in [1.165, 1.54) is 82.0 Å². The molecule has 2 aliphatic heterocycles. The molecular weight excluding hydrogens is 910 g/mol. The van der Waals surface area contributed by atoms with Crippen molar-refractivity contribution in [3.63, 3.8) is 0 Å². The van der Waals surface area contributed by atoms with Crippen LogP contribution in [0, 0.1) is 0 Å². The minimum Gasteiger partial charge on any atom is -0.311 e. The summed E-state index contributed by atoms with van der Waals surface area (Å²) in [5.74, 6) is 1.89. The van der Waals surface area contributed by atoms with E-state index >= 15 is 0 Å². The number of rotatable bonds is 11. The third-order valence-electron chi connectivity index (χ3n) is 15.7. The average Bonchev–Trinajstić information content (AvgIpc) is 3.48. The molecule has 6 heteroatoms. The van der Waals surface area contributed by atoms with Gasteiger partial charge in [0.2, 0.25) is 0 Å². The van der Waals surface area contributed by atoms with Crippen molar-refractivity contribution in [3.05, 3.63) is 230 Å². The average molecular weight is 964 g/mol. The molecule has 0 spiro atoms. The maximum Gasteiger partial charge on any atom is 0.252 e. The second kappa shape index (κ2) is 18.6. The molecule has 2 aliphatic rings. The molecule has 0 unspecified atom stereocenters. The Morgan fingerprint density at radius 3 is 1.08 bits per heavy atom. The second-order valence-corrected chi connectivity index (χ2v) is 20.5. The molecule has 3 heterocycles. The van der Waals surface area contributed by atoms with E-state index in [1.54, 1.807) is 0 Å². The molecule has 0 atom stereocenters. The van der Waals surface area contributed by atoms with E-state index in [0.29, 0.717) is 17.5 Å². The lowest BCUT2D eigenvalue weighted by atomic mass is 9.33. The van der Waals surface area contributed by atoms with Crippen molar-refractivity contribution in [2.24, 2.45) is 0 Å². The summed E-state index contributed by atoms with van der Waals surface area (Å²) in [6, 6.07) is 81.0. The van der Waals surface area contributed by atoms with Crippen LogP contribution in [0.4, 0.5) is 34.1 Å². The molecule has 5 nitrogen and oxygen atoms in total. The summed E-state index contributed by atoms with van der Waals surface area (Å²) in [6.45, 7) is 4.42. The highest BCUT2D eigenvalue weighted by Gasteiger charge is 2.44. The molecule has 0 saturated carbocycles. The summed E-state index contributed by atoms with van der Waals surface area (Å²) in [7, 11) is 0. The Kier molecular flexibility index (Phi) is 11.1. The first-order valence-corrected chi connectivity index (χ1v) is 26.8. The number of hydrogen-bond donors (Lipinski definition) is 0. The lowest BCUT2D eigenvalue weighted by molar-refractivity contribution is 0.795. The molecule has 0 bridgehead atoms. The molecule has 358 valence electrons. The van der Waals surface area contributed by atoms with Crippen LogP contribution in [-0.4, -0.2) is 21.7 Å².